The molecule has 8 rings (SSSR count). The maximum absolute atomic E-state index is 3.71. The molecule has 0 atom stereocenters. The number of H-pyrrole nitrogens is 1. The molecule has 7 aromatic rings. The largest absolute Gasteiger partial charge is 0.354 e. The second-order valence-electron chi connectivity index (χ2n) is 10.3. The first-order valence-corrected chi connectivity index (χ1v) is 12.3. The quantitative estimate of drug-likeness (QED) is 0.259. The van der Waals surface area contributed by atoms with Crippen LogP contribution < -0.4 is 0 Å². The fraction of sp³-hybridized carbons (Fsp3) is 0.0909. The highest BCUT2D eigenvalue weighted by atomic mass is 15.0. The standard InChI is InChI=1S/C33H24N2/c1-33(2)26-12-6-3-9-21(26)24-16-18-28-31(32(24)33)25-19-20(15-17-27(25)34-28)35-29-13-7-4-10-22(29)23-11-5-8-14-30(23)35/h3-19,34H,1-2H3. The first-order chi connectivity index (χ1) is 17.1. The summed E-state index contributed by atoms with van der Waals surface area (Å²) in [7, 11) is 0. The highest BCUT2D eigenvalue weighted by Gasteiger charge is 2.37. The van der Waals surface area contributed by atoms with Gasteiger partial charge < -0.3 is 9.55 Å². The molecule has 0 amide bonds. The molecule has 0 fully saturated rings. The first kappa shape index (κ1) is 19.1. The first-order valence-electron chi connectivity index (χ1n) is 12.3. The van der Waals surface area contributed by atoms with E-state index in [1.54, 1.807) is 0 Å². The Morgan fingerprint density at radius 1 is 0.600 bits per heavy atom. The highest BCUT2D eigenvalue weighted by molar-refractivity contribution is 6.14. The maximum atomic E-state index is 3.71. The van der Waals surface area contributed by atoms with Crippen molar-refractivity contribution in [2.45, 2.75) is 19.3 Å². The van der Waals surface area contributed by atoms with Crippen molar-refractivity contribution < 1.29 is 0 Å². The summed E-state index contributed by atoms with van der Waals surface area (Å²) in [5, 5.41) is 5.22. The molecule has 0 spiro atoms. The summed E-state index contributed by atoms with van der Waals surface area (Å²) in [4.78, 5) is 3.71. The van der Waals surface area contributed by atoms with E-state index in [1.807, 2.05) is 0 Å². The van der Waals surface area contributed by atoms with E-state index in [-0.39, 0.29) is 5.41 Å². The predicted molar refractivity (Wildman–Crippen MR) is 148 cm³/mol. The number of benzene rings is 5. The van der Waals surface area contributed by atoms with Crippen LogP contribution in [0.4, 0.5) is 0 Å². The summed E-state index contributed by atoms with van der Waals surface area (Å²) in [6, 6.07) is 37.8. The van der Waals surface area contributed by atoms with Gasteiger partial charge in [-0.25, -0.2) is 0 Å². The van der Waals surface area contributed by atoms with Gasteiger partial charge in [0.25, 0.3) is 0 Å². The van der Waals surface area contributed by atoms with Gasteiger partial charge in [0, 0.05) is 43.7 Å². The van der Waals surface area contributed by atoms with Gasteiger partial charge in [0.15, 0.2) is 0 Å². The van der Waals surface area contributed by atoms with E-state index in [9.17, 15) is 0 Å². The van der Waals surface area contributed by atoms with Crippen LogP contribution in [-0.2, 0) is 5.41 Å². The van der Waals surface area contributed by atoms with Crippen molar-refractivity contribution in [3.63, 3.8) is 0 Å². The Kier molecular flexibility index (Phi) is 3.50. The number of nitrogens with zero attached hydrogens (tertiary/aromatic N) is 1. The summed E-state index contributed by atoms with van der Waals surface area (Å²) in [5.74, 6) is 0. The SMILES string of the molecule is CC1(C)c2ccccc2-c2ccc3[nH]c4ccc(-n5c6ccccc6c6ccccc65)cc4c3c21. The fourth-order valence-corrected chi connectivity index (χ4v) is 6.59. The van der Waals surface area contributed by atoms with Crippen LogP contribution in [0, 0.1) is 0 Å². The molecule has 35 heavy (non-hydrogen) atoms. The van der Waals surface area contributed by atoms with Gasteiger partial charge >= 0.3 is 0 Å². The molecule has 2 heteroatoms. The van der Waals surface area contributed by atoms with Crippen LogP contribution in [0.2, 0.25) is 0 Å². The minimum atomic E-state index is -0.0522. The minimum absolute atomic E-state index is 0.0522. The second kappa shape index (κ2) is 6.43. The number of para-hydroxylation sites is 2. The lowest BCUT2D eigenvalue weighted by Crippen LogP contribution is -2.15. The van der Waals surface area contributed by atoms with Gasteiger partial charge in [0.2, 0.25) is 0 Å². The van der Waals surface area contributed by atoms with E-state index in [1.165, 1.54) is 71.6 Å². The smallest absolute Gasteiger partial charge is 0.0541 e. The van der Waals surface area contributed by atoms with Crippen molar-refractivity contribution in [1.29, 1.82) is 0 Å². The number of hydrogen-bond acceptors (Lipinski definition) is 0. The number of rotatable bonds is 1. The van der Waals surface area contributed by atoms with Crippen LogP contribution in [0.1, 0.15) is 25.0 Å². The zero-order valence-electron chi connectivity index (χ0n) is 19.8. The lowest BCUT2D eigenvalue weighted by molar-refractivity contribution is 0.666. The number of fused-ring (bicyclic) bond motifs is 10. The Hall–Kier alpha value is -4.30. The average molecular weight is 449 g/mol. The molecular formula is C33H24N2. The third kappa shape index (κ3) is 2.34. The zero-order chi connectivity index (χ0) is 23.3. The van der Waals surface area contributed by atoms with Crippen LogP contribution in [0.3, 0.4) is 0 Å². The molecule has 0 saturated heterocycles. The fourth-order valence-electron chi connectivity index (χ4n) is 6.59. The third-order valence-corrected chi connectivity index (χ3v) is 8.10. The third-order valence-electron chi connectivity index (χ3n) is 8.10. The molecule has 0 bridgehead atoms. The van der Waals surface area contributed by atoms with Crippen LogP contribution >= 0.6 is 0 Å². The second-order valence-corrected chi connectivity index (χ2v) is 10.3. The Morgan fingerprint density at radius 3 is 2.03 bits per heavy atom. The summed E-state index contributed by atoms with van der Waals surface area (Å²) in [5.41, 5.74) is 11.6. The summed E-state index contributed by atoms with van der Waals surface area (Å²) < 4.78 is 2.41. The molecule has 0 aliphatic heterocycles. The molecule has 0 unspecified atom stereocenters. The molecule has 1 N–H and O–H groups in total. The van der Waals surface area contributed by atoms with Crippen molar-refractivity contribution >= 4 is 43.6 Å². The van der Waals surface area contributed by atoms with Crippen LogP contribution in [0.15, 0.2) is 103 Å². The average Bonchev–Trinajstić information content (AvgIpc) is 3.50. The topological polar surface area (TPSA) is 20.7 Å². The lowest BCUT2D eigenvalue weighted by Gasteiger charge is -2.22. The zero-order valence-corrected chi connectivity index (χ0v) is 19.8. The Bertz CT molecular complexity index is 1930. The summed E-state index contributed by atoms with van der Waals surface area (Å²) in [6.45, 7) is 4.74. The Morgan fingerprint density at radius 2 is 1.26 bits per heavy atom. The minimum Gasteiger partial charge on any atom is -0.354 e. The molecule has 2 nitrogen and oxygen atoms in total. The van der Waals surface area contributed by atoms with Gasteiger partial charge in [-0.1, -0.05) is 80.6 Å². The lowest BCUT2D eigenvalue weighted by atomic mass is 9.80. The van der Waals surface area contributed by atoms with E-state index in [0.29, 0.717) is 0 Å². The monoisotopic (exact) mass is 448 g/mol. The number of aromatic amines is 1. The summed E-state index contributed by atoms with van der Waals surface area (Å²) >= 11 is 0. The van der Waals surface area contributed by atoms with Crippen LogP contribution in [-0.4, -0.2) is 9.55 Å². The molecule has 2 heterocycles. The van der Waals surface area contributed by atoms with E-state index >= 15 is 0 Å². The van der Waals surface area contributed by atoms with Crippen LogP contribution in [0.25, 0.3) is 60.4 Å². The number of nitrogens with one attached hydrogen (secondary N) is 1. The van der Waals surface area contributed by atoms with E-state index in [0.717, 1.165) is 0 Å². The van der Waals surface area contributed by atoms with Crippen molar-refractivity contribution in [2.75, 3.05) is 0 Å². The van der Waals surface area contributed by atoms with Crippen molar-refractivity contribution in [1.82, 2.24) is 9.55 Å². The van der Waals surface area contributed by atoms with Gasteiger partial charge in [0.1, 0.15) is 0 Å². The molecule has 0 radical (unpaired) electrons. The van der Waals surface area contributed by atoms with E-state index in [4.69, 9.17) is 0 Å². The molecule has 1 aliphatic carbocycles. The van der Waals surface area contributed by atoms with Crippen molar-refractivity contribution in [3.05, 3.63) is 114 Å². The number of aromatic nitrogens is 2. The molecule has 166 valence electrons. The van der Waals surface area contributed by atoms with Gasteiger partial charge in [-0.2, -0.15) is 0 Å². The molecule has 1 aliphatic rings. The molecule has 5 aromatic carbocycles. The predicted octanol–water partition coefficient (Wildman–Crippen LogP) is 8.72. The molecule has 0 saturated carbocycles. The molecule has 2 aromatic heterocycles. The van der Waals surface area contributed by atoms with Gasteiger partial charge in [-0.05, 0) is 58.7 Å². The normalized spacial score (nSPS) is 14.2. The van der Waals surface area contributed by atoms with Gasteiger partial charge in [0.05, 0.1) is 11.0 Å². The van der Waals surface area contributed by atoms with Crippen molar-refractivity contribution in [3.8, 4) is 16.8 Å². The summed E-state index contributed by atoms with van der Waals surface area (Å²) in [6.07, 6.45) is 0. The highest BCUT2D eigenvalue weighted by Crippen LogP contribution is 2.52. The van der Waals surface area contributed by atoms with Crippen molar-refractivity contribution in [2.24, 2.45) is 0 Å². The Balaban J connectivity index is 1.49. The maximum Gasteiger partial charge on any atom is 0.0541 e. The number of hydrogen-bond donors (Lipinski definition) is 1. The van der Waals surface area contributed by atoms with Gasteiger partial charge in [-0.15, -0.1) is 0 Å². The van der Waals surface area contributed by atoms with E-state index < -0.39 is 0 Å². The van der Waals surface area contributed by atoms with Gasteiger partial charge in [-0.3, -0.25) is 0 Å². The Labute approximate surface area is 203 Å². The van der Waals surface area contributed by atoms with Crippen LogP contribution in [0.5, 0.6) is 0 Å². The molecular weight excluding hydrogens is 424 g/mol. The van der Waals surface area contributed by atoms with E-state index in [2.05, 4.69) is 127 Å².